The number of aromatic nitrogens is 3. The van der Waals surface area contributed by atoms with E-state index in [0.29, 0.717) is 28.2 Å². The lowest BCUT2D eigenvalue weighted by atomic mass is 10.1. The number of carbonyl (C=O) groups excluding carboxylic acids is 1. The molecule has 0 unspecified atom stereocenters. The van der Waals surface area contributed by atoms with Crippen LogP contribution in [0.2, 0.25) is 5.02 Å². The van der Waals surface area contributed by atoms with Crippen LogP contribution in [0.3, 0.4) is 0 Å². The predicted molar refractivity (Wildman–Crippen MR) is 125 cm³/mol. The summed E-state index contributed by atoms with van der Waals surface area (Å²) in [5.41, 5.74) is 1.61. The molecule has 4 aromatic rings. The summed E-state index contributed by atoms with van der Waals surface area (Å²) in [6, 6.07) is 14.1. The van der Waals surface area contributed by atoms with Crippen molar-refractivity contribution in [1.82, 2.24) is 19.3 Å². The molecular weight excluding hydrogens is 426 g/mol. The molecule has 164 valence electrons. The van der Waals surface area contributed by atoms with E-state index in [0.717, 1.165) is 24.8 Å². The van der Waals surface area contributed by atoms with Gasteiger partial charge in [-0.25, -0.2) is 4.98 Å². The molecule has 3 aromatic heterocycles. The summed E-state index contributed by atoms with van der Waals surface area (Å²) >= 11 is 6.19. The molecule has 2 N–H and O–H groups in total. The summed E-state index contributed by atoms with van der Waals surface area (Å²) in [4.78, 5) is 30.9. The average molecular weight is 450 g/mol. The summed E-state index contributed by atoms with van der Waals surface area (Å²) < 4.78 is 3.12. The van der Waals surface area contributed by atoms with E-state index in [1.54, 1.807) is 29.0 Å². The zero-order valence-electron chi connectivity index (χ0n) is 17.8. The Morgan fingerprint density at radius 2 is 1.94 bits per heavy atom. The third-order valence-electron chi connectivity index (χ3n) is 5.45. The Morgan fingerprint density at radius 3 is 2.72 bits per heavy atom. The highest BCUT2D eigenvalue weighted by molar-refractivity contribution is 6.31. The molecule has 0 fully saturated rings. The molecule has 4 rings (SSSR count). The molecule has 0 aliphatic heterocycles. The minimum atomic E-state index is -0.432. The number of hydrogen-bond acceptors (Lipinski definition) is 4. The maximum atomic E-state index is 13.2. The fourth-order valence-corrected chi connectivity index (χ4v) is 3.91. The van der Waals surface area contributed by atoms with Gasteiger partial charge in [-0.15, -0.1) is 0 Å². The van der Waals surface area contributed by atoms with Crippen LogP contribution < -0.4 is 16.4 Å². The summed E-state index contributed by atoms with van der Waals surface area (Å²) in [6.45, 7) is 2.83. The first-order valence-corrected chi connectivity index (χ1v) is 11.0. The van der Waals surface area contributed by atoms with E-state index in [9.17, 15) is 9.59 Å². The quantitative estimate of drug-likeness (QED) is 0.331. The Morgan fingerprint density at radius 1 is 1.16 bits per heavy atom. The number of aryl methyl sites for hydroxylation is 1. The number of benzene rings is 1. The third-order valence-corrected chi connectivity index (χ3v) is 5.81. The second-order valence-corrected chi connectivity index (χ2v) is 8.03. The van der Waals surface area contributed by atoms with E-state index in [1.807, 2.05) is 24.3 Å². The molecular formula is C24H24ClN5O2. The van der Waals surface area contributed by atoms with Gasteiger partial charge < -0.3 is 9.88 Å². The zero-order valence-corrected chi connectivity index (χ0v) is 18.5. The van der Waals surface area contributed by atoms with Crippen molar-refractivity contribution in [1.29, 1.82) is 5.41 Å². The number of hydrogen-bond donors (Lipinski definition) is 2. The second kappa shape index (κ2) is 9.36. The topological polar surface area (TPSA) is 92.2 Å². The number of amides is 1. The van der Waals surface area contributed by atoms with Gasteiger partial charge in [0.1, 0.15) is 16.8 Å². The van der Waals surface area contributed by atoms with Crippen molar-refractivity contribution >= 4 is 34.2 Å². The van der Waals surface area contributed by atoms with Crippen LogP contribution in [0.4, 0.5) is 0 Å². The van der Waals surface area contributed by atoms with Crippen molar-refractivity contribution in [3.05, 3.63) is 86.7 Å². The van der Waals surface area contributed by atoms with E-state index in [-0.39, 0.29) is 23.2 Å². The fraction of sp³-hybridized carbons (Fsp3) is 0.250. The predicted octanol–water partition coefficient (Wildman–Crippen LogP) is 3.90. The maximum absolute atomic E-state index is 13.2. The number of rotatable bonds is 7. The van der Waals surface area contributed by atoms with Gasteiger partial charge in [-0.2, -0.15) is 0 Å². The Labute approximate surface area is 189 Å². The van der Waals surface area contributed by atoms with E-state index < -0.39 is 5.91 Å². The van der Waals surface area contributed by atoms with Crippen molar-refractivity contribution in [3.63, 3.8) is 0 Å². The summed E-state index contributed by atoms with van der Waals surface area (Å²) in [5, 5.41) is 12.4. The molecule has 0 spiro atoms. The van der Waals surface area contributed by atoms with Crippen molar-refractivity contribution in [3.8, 4) is 0 Å². The van der Waals surface area contributed by atoms with Gasteiger partial charge in [0.2, 0.25) is 0 Å². The molecule has 0 saturated carbocycles. The molecule has 1 aromatic carbocycles. The number of nitrogens with one attached hydrogen (secondary N) is 2. The van der Waals surface area contributed by atoms with Crippen LogP contribution >= 0.6 is 11.6 Å². The first-order valence-electron chi connectivity index (χ1n) is 10.6. The first kappa shape index (κ1) is 21.8. The molecule has 0 aliphatic rings. The Bertz CT molecular complexity index is 1420. The molecule has 0 radical (unpaired) electrons. The van der Waals surface area contributed by atoms with E-state index in [2.05, 4.69) is 17.2 Å². The number of pyridine rings is 2. The Kier molecular flexibility index (Phi) is 6.37. The SMILES string of the molecule is CCCCCn1c(=N)c(C(=O)NCc2ccccc2Cl)cc2c(=O)n3ccccc3nc21. The largest absolute Gasteiger partial charge is 0.348 e. The molecule has 32 heavy (non-hydrogen) atoms. The van der Waals surface area contributed by atoms with Gasteiger partial charge in [0.25, 0.3) is 11.5 Å². The number of fused-ring (bicyclic) bond motifs is 2. The zero-order chi connectivity index (χ0) is 22.7. The second-order valence-electron chi connectivity index (χ2n) is 7.62. The summed E-state index contributed by atoms with van der Waals surface area (Å²) in [5.74, 6) is -0.432. The first-order chi connectivity index (χ1) is 15.5. The molecule has 1 amide bonds. The van der Waals surface area contributed by atoms with Gasteiger partial charge >= 0.3 is 0 Å². The van der Waals surface area contributed by atoms with Gasteiger partial charge in [0.05, 0.1) is 10.9 Å². The highest BCUT2D eigenvalue weighted by atomic mass is 35.5. The Hall–Kier alpha value is -3.45. The van der Waals surface area contributed by atoms with Crippen molar-refractivity contribution in [2.24, 2.45) is 0 Å². The number of nitrogens with zero attached hydrogens (tertiary/aromatic N) is 3. The van der Waals surface area contributed by atoms with E-state index in [1.165, 1.54) is 10.5 Å². The van der Waals surface area contributed by atoms with Crippen LogP contribution in [0.5, 0.6) is 0 Å². The molecule has 3 heterocycles. The molecule has 0 bridgehead atoms. The standard InChI is InChI=1S/C24H24ClN5O2/c1-2-3-7-13-30-21(26)17(23(31)27-15-16-9-4-5-10-19(16)25)14-18-22(30)28-20-11-6-8-12-29(20)24(18)32/h4-6,8-12,14,26H,2-3,7,13,15H2,1H3,(H,27,31). The maximum Gasteiger partial charge on any atom is 0.267 e. The normalized spacial score (nSPS) is 11.2. The minimum Gasteiger partial charge on any atom is -0.348 e. The monoisotopic (exact) mass is 449 g/mol. The van der Waals surface area contributed by atoms with Crippen LogP contribution in [-0.2, 0) is 13.1 Å². The van der Waals surface area contributed by atoms with Crippen LogP contribution in [0.1, 0.15) is 42.1 Å². The minimum absolute atomic E-state index is 0.0393. The van der Waals surface area contributed by atoms with Crippen molar-refractivity contribution in [2.45, 2.75) is 39.3 Å². The van der Waals surface area contributed by atoms with E-state index in [4.69, 9.17) is 17.0 Å². The number of halogens is 1. The summed E-state index contributed by atoms with van der Waals surface area (Å²) in [6.07, 6.45) is 4.46. The van der Waals surface area contributed by atoms with Crippen molar-refractivity contribution in [2.75, 3.05) is 0 Å². The lowest BCUT2D eigenvalue weighted by Gasteiger charge is -2.15. The molecule has 8 heteroatoms. The van der Waals surface area contributed by atoms with Crippen LogP contribution in [0.25, 0.3) is 16.7 Å². The smallest absolute Gasteiger partial charge is 0.267 e. The highest BCUT2D eigenvalue weighted by Crippen LogP contribution is 2.15. The average Bonchev–Trinajstić information content (AvgIpc) is 2.80. The lowest BCUT2D eigenvalue weighted by molar-refractivity contribution is 0.0948. The molecule has 0 atom stereocenters. The highest BCUT2D eigenvalue weighted by Gasteiger charge is 2.17. The van der Waals surface area contributed by atoms with Crippen LogP contribution in [0, 0.1) is 5.41 Å². The van der Waals surface area contributed by atoms with Crippen LogP contribution in [-0.4, -0.2) is 19.9 Å². The van der Waals surface area contributed by atoms with Gasteiger partial charge in [-0.3, -0.25) is 19.4 Å². The van der Waals surface area contributed by atoms with Gasteiger partial charge in [0, 0.05) is 24.3 Å². The van der Waals surface area contributed by atoms with Crippen molar-refractivity contribution < 1.29 is 4.79 Å². The van der Waals surface area contributed by atoms with Gasteiger partial charge in [0.15, 0.2) is 0 Å². The van der Waals surface area contributed by atoms with Gasteiger partial charge in [-0.05, 0) is 36.2 Å². The molecule has 7 nitrogen and oxygen atoms in total. The lowest BCUT2D eigenvalue weighted by Crippen LogP contribution is -2.35. The molecule has 0 aliphatic carbocycles. The van der Waals surface area contributed by atoms with E-state index >= 15 is 0 Å². The number of carbonyl (C=O) groups is 1. The van der Waals surface area contributed by atoms with Gasteiger partial charge in [-0.1, -0.05) is 55.6 Å². The third kappa shape index (κ3) is 4.16. The Balaban J connectivity index is 1.82. The molecule has 0 saturated heterocycles. The number of unbranched alkanes of at least 4 members (excludes halogenated alkanes) is 2. The summed E-state index contributed by atoms with van der Waals surface area (Å²) in [7, 11) is 0. The van der Waals surface area contributed by atoms with Crippen LogP contribution in [0.15, 0.2) is 59.5 Å². The fourth-order valence-electron chi connectivity index (χ4n) is 3.71.